The number of anilines is 1. The molecule has 0 atom stereocenters. The molecule has 0 spiro atoms. The Morgan fingerprint density at radius 2 is 1.87 bits per heavy atom. The van der Waals surface area contributed by atoms with Crippen LogP contribution in [-0.4, -0.2) is 26.3 Å². The van der Waals surface area contributed by atoms with Crippen LogP contribution in [0.5, 0.6) is 11.5 Å². The Labute approximate surface area is 136 Å². The van der Waals surface area contributed by atoms with Gasteiger partial charge in [-0.3, -0.25) is 0 Å². The average Bonchev–Trinajstić information content (AvgIpc) is 2.59. The van der Waals surface area contributed by atoms with E-state index >= 15 is 0 Å². The van der Waals surface area contributed by atoms with Gasteiger partial charge in [-0.1, -0.05) is 25.1 Å². The maximum absolute atomic E-state index is 11.8. The topological polar surface area (TPSA) is 59.6 Å². The van der Waals surface area contributed by atoms with Crippen LogP contribution in [0, 0.1) is 0 Å². The Hall–Kier alpha value is -2.69. The van der Waals surface area contributed by atoms with E-state index in [9.17, 15) is 4.79 Å². The lowest BCUT2D eigenvalue weighted by Gasteiger charge is -2.10. The zero-order valence-electron chi connectivity index (χ0n) is 13.5. The predicted molar refractivity (Wildman–Crippen MR) is 91.3 cm³/mol. The maximum atomic E-state index is 11.8. The zero-order chi connectivity index (χ0) is 16.5. The lowest BCUT2D eigenvalue weighted by atomic mass is 10.2. The van der Waals surface area contributed by atoms with Gasteiger partial charge >= 0.3 is 6.03 Å². The van der Waals surface area contributed by atoms with Crippen molar-refractivity contribution in [1.82, 2.24) is 5.32 Å². The summed E-state index contributed by atoms with van der Waals surface area (Å²) in [6.07, 6.45) is 0.971. The van der Waals surface area contributed by atoms with Gasteiger partial charge in [0.15, 0.2) is 0 Å². The van der Waals surface area contributed by atoms with E-state index in [0.717, 1.165) is 12.2 Å². The number of methoxy groups -OCH3 is 1. The third-order valence-corrected chi connectivity index (χ3v) is 3.29. The van der Waals surface area contributed by atoms with Crippen LogP contribution in [0.2, 0.25) is 0 Å². The fraction of sp³-hybridized carbons (Fsp3) is 0.278. The minimum absolute atomic E-state index is 0.274. The number of ether oxygens (including phenoxy) is 2. The third-order valence-electron chi connectivity index (χ3n) is 3.29. The van der Waals surface area contributed by atoms with Crippen molar-refractivity contribution in [2.45, 2.75) is 13.3 Å². The van der Waals surface area contributed by atoms with Gasteiger partial charge in [0.2, 0.25) is 0 Å². The van der Waals surface area contributed by atoms with Gasteiger partial charge in [-0.2, -0.15) is 0 Å². The Balaban J connectivity index is 1.72. The number of carbonyl (C=O) groups excluding carboxylic acids is 1. The molecule has 2 aromatic rings. The van der Waals surface area contributed by atoms with Crippen LogP contribution < -0.4 is 20.1 Å². The Kier molecular flexibility index (Phi) is 6.29. The highest BCUT2D eigenvalue weighted by atomic mass is 16.5. The van der Waals surface area contributed by atoms with E-state index in [4.69, 9.17) is 9.47 Å². The molecule has 0 aliphatic rings. The van der Waals surface area contributed by atoms with Crippen molar-refractivity contribution in [3.63, 3.8) is 0 Å². The first-order chi connectivity index (χ1) is 11.2. The average molecular weight is 314 g/mol. The molecule has 5 heteroatoms. The number of nitrogens with one attached hydrogen (secondary N) is 2. The van der Waals surface area contributed by atoms with Crippen molar-refractivity contribution in [2.24, 2.45) is 0 Å². The summed E-state index contributed by atoms with van der Waals surface area (Å²) < 4.78 is 10.7. The molecular formula is C18H22N2O3. The van der Waals surface area contributed by atoms with Crippen molar-refractivity contribution in [3.8, 4) is 11.5 Å². The van der Waals surface area contributed by atoms with Crippen molar-refractivity contribution in [1.29, 1.82) is 0 Å². The molecule has 0 unspecified atom stereocenters. The number of amides is 2. The summed E-state index contributed by atoms with van der Waals surface area (Å²) in [4.78, 5) is 11.8. The largest absolute Gasteiger partial charge is 0.497 e. The van der Waals surface area contributed by atoms with Gasteiger partial charge in [0.25, 0.3) is 0 Å². The van der Waals surface area contributed by atoms with E-state index in [1.54, 1.807) is 19.2 Å². The number of aryl methyl sites for hydroxylation is 1. The van der Waals surface area contributed by atoms with E-state index in [0.29, 0.717) is 24.6 Å². The van der Waals surface area contributed by atoms with Crippen LogP contribution in [0.3, 0.4) is 0 Å². The summed E-state index contributed by atoms with van der Waals surface area (Å²) >= 11 is 0. The fourth-order valence-electron chi connectivity index (χ4n) is 2.06. The number of benzene rings is 2. The SMILES string of the molecule is CCc1cccc(OCCNC(=O)Nc2cccc(OC)c2)c1. The maximum Gasteiger partial charge on any atom is 0.319 e. The Bertz CT molecular complexity index is 644. The second-order valence-electron chi connectivity index (χ2n) is 4.96. The smallest absolute Gasteiger partial charge is 0.319 e. The molecule has 0 heterocycles. The molecule has 0 radical (unpaired) electrons. The predicted octanol–water partition coefficient (Wildman–Crippen LogP) is 3.46. The first kappa shape index (κ1) is 16.7. The van der Waals surface area contributed by atoms with Crippen molar-refractivity contribution in [2.75, 3.05) is 25.6 Å². The van der Waals surface area contributed by atoms with E-state index in [1.807, 2.05) is 30.3 Å². The molecular weight excluding hydrogens is 292 g/mol. The molecule has 0 saturated heterocycles. The summed E-state index contributed by atoms with van der Waals surface area (Å²) in [6.45, 7) is 2.94. The van der Waals surface area contributed by atoms with Crippen LogP contribution in [-0.2, 0) is 6.42 Å². The van der Waals surface area contributed by atoms with E-state index in [1.165, 1.54) is 5.56 Å². The first-order valence-corrected chi connectivity index (χ1v) is 7.62. The van der Waals surface area contributed by atoms with Gasteiger partial charge in [-0.05, 0) is 36.2 Å². The minimum atomic E-state index is -0.274. The van der Waals surface area contributed by atoms with Crippen molar-refractivity contribution in [3.05, 3.63) is 54.1 Å². The molecule has 0 saturated carbocycles. The van der Waals surface area contributed by atoms with Crippen LogP contribution in [0.25, 0.3) is 0 Å². The van der Waals surface area contributed by atoms with E-state index in [-0.39, 0.29) is 6.03 Å². The van der Waals surface area contributed by atoms with Gasteiger partial charge in [0, 0.05) is 11.8 Å². The highest BCUT2D eigenvalue weighted by molar-refractivity contribution is 5.89. The van der Waals surface area contributed by atoms with Gasteiger partial charge in [-0.25, -0.2) is 4.79 Å². The molecule has 2 aromatic carbocycles. The second kappa shape index (κ2) is 8.68. The van der Waals surface area contributed by atoms with Crippen molar-refractivity contribution < 1.29 is 14.3 Å². The minimum Gasteiger partial charge on any atom is -0.497 e. The number of urea groups is 1. The third kappa shape index (κ3) is 5.54. The second-order valence-corrected chi connectivity index (χ2v) is 4.96. The van der Waals surface area contributed by atoms with Gasteiger partial charge in [-0.15, -0.1) is 0 Å². The number of carbonyl (C=O) groups is 1. The summed E-state index contributed by atoms with van der Waals surface area (Å²) in [5.41, 5.74) is 1.91. The van der Waals surface area contributed by atoms with E-state index in [2.05, 4.69) is 23.6 Å². The molecule has 2 rings (SSSR count). The lowest BCUT2D eigenvalue weighted by molar-refractivity contribution is 0.247. The summed E-state index contributed by atoms with van der Waals surface area (Å²) in [7, 11) is 1.59. The van der Waals surface area contributed by atoms with Crippen LogP contribution in [0.1, 0.15) is 12.5 Å². The Morgan fingerprint density at radius 3 is 2.65 bits per heavy atom. The van der Waals surface area contributed by atoms with Gasteiger partial charge in [0.05, 0.1) is 13.7 Å². The fourth-order valence-corrected chi connectivity index (χ4v) is 2.06. The van der Waals surface area contributed by atoms with Crippen LogP contribution in [0.15, 0.2) is 48.5 Å². The normalized spacial score (nSPS) is 10.0. The van der Waals surface area contributed by atoms with Crippen LogP contribution in [0.4, 0.5) is 10.5 Å². The molecule has 0 aromatic heterocycles. The van der Waals surface area contributed by atoms with Crippen LogP contribution >= 0.6 is 0 Å². The molecule has 0 aliphatic carbocycles. The zero-order valence-corrected chi connectivity index (χ0v) is 13.5. The molecule has 2 amide bonds. The number of hydrogen-bond acceptors (Lipinski definition) is 3. The molecule has 0 aliphatic heterocycles. The number of rotatable bonds is 7. The monoisotopic (exact) mass is 314 g/mol. The molecule has 0 fully saturated rings. The summed E-state index contributed by atoms with van der Waals surface area (Å²) in [6, 6.07) is 14.9. The van der Waals surface area contributed by atoms with Gasteiger partial charge < -0.3 is 20.1 Å². The standard InChI is InChI=1S/C18H22N2O3/c1-3-14-6-4-9-17(12-14)23-11-10-19-18(21)20-15-7-5-8-16(13-15)22-2/h4-9,12-13H,3,10-11H2,1-2H3,(H2,19,20,21). The summed E-state index contributed by atoms with van der Waals surface area (Å²) in [5, 5.41) is 5.50. The van der Waals surface area contributed by atoms with Gasteiger partial charge in [0.1, 0.15) is 18.1 Å². The lowest BCUT2D eigenvalue weighted by Crippen LogP contribution is -2.32. The molecule has 2 N–H and O–H groups in total. The van der Waals surface area contributed by atoms with E-state index < -0.39 is 0 Å². The number of hydrogen-bond donors (Lipinski definition) is 2. The molecule has 23 heavy (non-hydrogen) atoms. The molecule has 0 bridgehead atoms. The highest BCUT2D eigenvalue weighted by Crippen LogP contribution is 2.16. The molecule has 122 valence electrons. The Morgan fingerprint density at radius 1 is 1.09 bits per heavy atom. The van der Waals surface area contributed by atoms with Crippen molar-refractivity contribution >= 4 is 11.7 Å². The summed E-state index contributed by atoms with van der Waals surface area (Å²) in [5.74, 6) is 1.52. The molecule has 5 nitrogen and oxygen atoms in total. The quantitative estimate of drug-likeness (QED) is 0.770. The first-order valence-electron chi connectivity index (χ1n) is 7.62. The highest BCUT2D eigenvalue weighted by Gasteiger charge is 2.02.